The highest BCUT2D eigenvalue weighted by atomic mass is 35.5. The van der Waals surface area contributed by atoms with E-state index < -0.39 is 0 Å². The molecule has 0 bridgehead atoms. The Morgan fingerprint density at radius 1 is 1.00 bits per heavy atom. The van der Waals surface area contributed by atoms with Gasteiger partial charge in [-0.25, -0.2) is 0 Å². The fourth-order valence-corrected chi connectivity index (χ4v) is 3.70. The molecule has 2 saturated heterocycles. The normalized spacial score (nSPS) is 24.3. The number of halogens is 2. The van der Waals surface area contributed by atoms with Crippen LogP contribution in [-0.2, 0) is 0 Å². The van der Waals surface area contributed by atoms with Crippen molar-refractivity contribution in [2.45, 2.75) is 31.7 Å². The Morgan fingerprint density at radius 3 is 2.45 bits per heavy atom. The number of hydrogen-bond acceptors (Lipinski definition) is 3. The lowest BCUT2D eigenvalue weighted by atomic mass is 10.1. The van der Waals surface area contributed by atoms with Crippen LogP contribution in [0.4, 0.5) is 11.4 Å². The van der Waals surface area contributed by atoms with Crippen LogP contribution in [0.25, 0.3) is 0 Å². The Kier molecular flexibility index (Phi) is 4.29. The minimum Gasteiger partial charge on any atom is -0.397 e. The number of nitrogen functional groups attached to an aromatic ring is 1. The molecule has 1 aromatic rings. The van der Waals surface area contributed by atoms with E-state index in [4.69, 9.17) is 28.9 Å². The largest absolute Gasteiger partial charge is 0.397 e. The van der Waals surface area contributed by atoms with Gasteiger partial charge in [-0.05, 0) is 44.5 Å². The van der Waals surface area contributed by atoms with E-state index in [0.717, 1.165) is 24.5 Å². The summed E-state index contributed by atoms with van der Waals surface area (Å²) in [6, 6.07) is 4.31. The number of nitrogens with zero attached hydrogens (tertiary/aromatic N) is 2. The molecule has 2 aliphatic heterocycles. The molecule has 2 heterocycles. The molecule has 0 aromatic heterocycles. The predicted molar refractivity (Wildman–Crippen MR) is 86.9 cm³/mol. The fraction of sp³-hybridized carbons (Fsp3) is 0.600. The molecule has 1 unspecified atom stereocenters. The second kappa shape index (κ2) is 6.00. The summed E-state index contributed by atoms with van der Waals surface area (Å²) in [5, 5.41) is 1.11. The van der Waals surface area contributed by atoms with E-state index >= 15 is 0 Å². The monoisotopic (exact) mass is 313 g/mol. The zero-order chi connectivity index (χ0) is 14.1. The molecule has 20 heavy (non-hydrogen) atoms. The molecule has 0 saturated carbocycles. The molecule has 1 atom stereocenters. The van der Waals surface area contributed by atoms with Crippen molar-refractivity contribution < 1.29 is 0 Å². The van der Waals surface area contributed by atoms with Gasteiger partial charge in [0, 0.05) is 19.1 Å². The summed E-state index contributed by atoms with van der Waals surface area (Å²) < 4.78 is 0. The molecular formula is C15H21Cl2N3. The SMILES string of the molecule is Nc1cc(Cl)c(Cl)cc1N1CCC(N2CCCCC2)C1. The quantitative estimate of drug-likeness (QED) is 0.846. The molecule has 2 aliphatic rings. The highest BCUT2D eigenvalue weighted by molar-refractivity contribution is 6.42. The van der Waals surface area contributed by atoms with Crippen LogP contribution in [-0.4, -0.2) is 37.1 Å². The Balaban J connectivity index is 1.72. The van der Waals surface area contributed by atoms with Crippen LogP contribution < -0.4 is 10.6 Å². The molecule has 0 spiro atoms. The van der Waals surface area contributed by atoms with E-state index in [1.165, 1.54) is 38.8 Å². The minimum absolute atomic E-state index is 0.527. The maximum absolute atomic E-state index is 6.12. The van der Waals surface area contributed by atoms with Crippen LogP contribution >= 0.6 is 23.2 Å². The van der Waals surface area contributed by atoms with Gasteiger partial charge in [-0.1, -0.05) is 29.6 Å². The zero-order valence-corrected chi connectivity index (χ0v) is 13.1. The van der Waals surface area contributed by atoms with Crippen molar-refractivity contribution in [3.05, 3.63) is 22.2 Å². The molecule has 2 fully saturated rings. The van der Waals surface area contributed by atoms with Crippen LogP contribution in [0.1, 0.15) is 25.7 Å². The topological polar surface area (TPSA) is 32.5 Å². The van der Waals surface area contributed by atoms with Crippen molar-refractivity contribution in [2.24, 2.45) is 0 Å². The number of benzene rings is 1. The van der Waals surface area contributed by atoms with E-state index in [9.17, 15) is 0 Å². The third-order valence-electron chi connectivity index (χ3n) is 4.48. The smallest absolute Gasteiger partial charge is 0.0616 e. The zero-order valence-electron chi connectivity index (χ0n) is 11.6. The molecule has 0 amide bonds. The van der Waals surface area contributed by atoms with Gasteiger partial charge in [0.15, 0.2) is 0 Å². The summed E-state index contributed by atoms with van der Waals surface area (Å²) in [5.41, 5.74) is 7.84. The average Bonchev–Trinajstić information content (AvgIpc) is 2.93. The molecule has 5 heteroatoms. The fourth-order valence-electron chi connectivity index (χ4n) is 3.37. The molecule has 110 valence electrons. The van der Waals surface area contributed by atoms with Gasteiger partial charge in [0.25, 0.3) is 0 Å². The number of rotatable bonds is 2. The summed E-state index contributed by atoms with van der Waals surface area (Å²) in [6.45, 7) is 4.58. The third kappa shape index (κ3) is 2.85. The van der Waals surface area contributed by atoms with Crippen LogP contribution in [0.15, 0.2) is 12.1 Å². The second-order valence-electron chi connectivity index (χ2n) is 5.81. The van der Waals surface area contributed by atoms with Gasteiger partial charge in [0.1, 0.15) is 0 Å². The second-order valence-corrected chi connectivity index (χ2v) is 6.62. The summed E-state index contributed by atoms with van der Waals surface area (Å²) in [6.07, 6.45) is 5.27. The summed E-state index contributed by atoms with van der Waals surface area (Å²) in [4.78, 5) is 4.98. The summed E-state index contributed by atoms with van der Waals surface area (Å²) in [7, 11) is 0. The lowest BCUT2D eigenvalue weighted by Crippen LogP contribution is -2.40. The number of anilines is 2. The summed E-state index contributed by atoms with van der Waals surface area (Å²) in [5.74, 6) is 0. The Morgan fingerprint density at radius 2 is 1.70 bits per heavy atom. The van der Waals surface area contributed by atoms with Crippen LogP contribution in [0.3, 0.4) is 0 Å². The van der Waals surface area contributed by atoms with Gasteiger partial charge in [0.2, 0.25) is 0 Å². The molecule has 3 nitrogen and oxygen atoms in total. The highest BCUT2D eigenvalue weighted by Crippen LogP contribution is 2.35. The molecule has 2 N–H and O–H groups in total. The number of nitrogens with two attached hydrogens (primary N) is 1. The molecule has 0 radical (unpaired) electrons. The van der Waals surface area contributed by atoms with Crippen LogP contribution in [0.2, 0.25) is 10.0 Å². The van der Waals surface area contributed by atoms with Crippen molar-refractivity contribution in [3.63, 3.8) is 0 Å². The van der Waals surface area contributed by atoms with Gasteiger partial charge in [0.05, 0.1) is 21.4 Å². The number of likely N-dealkylation sites (tertiary alicyclic amines) is 1. The standard InChI is InChI=1S/C15H21Cl2N3/c16-12-8-14(18)15(9-13(12)17)20-7-4-11(10-20)19-5-2-1-3-6-19/h8-9,11H,1-7,10,18H2. The Hall–Kier alpha value is -0.640. The van der Waals surface area contributed by atoms with E-state index in [1.54, 1.807) is 6.07 Å². The van der Waals surface area contributed by atoms with Crippen LogP contribution in [0, 0.1) is 0 Å². The maximum atomic E-state index is 6.12. The van der Waals surface area contributed by atoms with Gasteiger partial charge >= 0.3 is 0 Å². The van der Waals surface area contributed by atoms with Gasteiger partial charge in [-0.15, -0.1) is 0 Å². The lowest BCUT2D eigenvalue weighted by molar-refractivity contribution is 0.175. The highest BCUT2D eigenvalue weighted by Gasteiger charge is 2.29. The van der Waals surface area contributed by atoms with E-state index in [0.29, 0.717) is 16.1 Å². The van der Waals surface area contributed by atoms with E-state index in [1.807, 2.05) is 6.07 Å². The van der Waals surface area contributed by atoms with Crippen molar-refractivity contribution in [2.75, 3.05) is 36.8 Å². The number of piperidine rings is 1. The molecule has 1 aromatic carbocycles. The third-order valence-corrected chi connectivity index (χ3v) is 5.20. The maximum Gasteiger partial charge on any atom is 0.0616 e. The first-order chi connectivity index (χ1) is 9.65. The van der Waals surface area contributed by atoms with Gasteiger partial charge in [-0.2, -0.15) is 0 Å². The van der Waals surface area contributed by atoms with E-state index in [-0.39, 0.29) is 0 Å². The Bertz CT molecular complexity index is 486. The van der Waals surface area contributed by atoms with Crippen molar-refractivity contribution in [3.8, 4) is 0 Å². The summed E-state index contributed by atoms with van der Waals surface area (Å²) >= 11 is 12.1. The first-order valence-corrected chi connectivity index (χ1v) is 8.14. The Labute approximate surface area is 130 Å². The van der Waals surface area contributed by atoms with Crippen LogP contribution in [0.5, 0.6) is 0 Å². The van der Waals surface area contributed by atoms with Crippen molar-refractivity contribution >= 4 is 34.6 Å². The molecule has 0 aliphatic carbocycles. The van der Waals surface area contributed by atoms with Crippen molar-refractivity contribution in [1.82, 2.24) is 4.90 Å². The van der Waals surface area contributed by atoms with Gasteiger partial charge in [-0.3, -0.25) is 4.90 Å². The first-order valence-electron chi connectivity index (χ1n) is 7.38. The molecular weight excluding hydrogens is 293 g/mol. The molecule has 3 rings (SSSR count). The lowest BCUT2D eigenvalue weighted by Gasteiger charge is -2.32. The van der Waals surface area contributed by atoms with Gasteiger partial charge < -0.3 is 10.6 Å². The number of hydrogen-bond donors (Lipinski definition) is 1. The minimum atomic E-state index is 0.527. The average molecular weight is 314 g/mol. The van der Waals surface area contributed by atoms with Crippen molar-refractivity contribution in [1.29, 1.82) is 0 Å². The van der Waals surface area contributed by atoms with E-state index in [2.05, 4.69) is 9.80 Å². The first kappa shape index (κ1) is 14.3. The predicted octanol–water partition coefficient (Wildman–Crippen LogP) is 3.64.